The van der Waals surface area contributed by atoms with Crippen LogP contribution in [0.4, 0.5) is 0 Å². The van der Waals surface area contributed by atoms with Gasteiger partial charge in [0.1, 0.15) is 0 Å². The lowest BCUT2D eigenvalue weighted by atomic mass is 9.97. The zero-order valence-electron chi connectivity index (χ0n) is 10.5. The molecule has 3 heteroatoms. The second-order valence-electron chi connectivity index (χ2n) is 5.21. The van der Waals surface area contributed by atoms with Gasteiger partial charge in [0.2, 0.25) is 0 Å². The van der Waals surface area contributed by atoms with Crippen LogP contribution in [0.1, 0.15) is 47.5 Å². The van der Waals surface area contributed by atoms with Crippen LogP contribution in [0.2, 0.25) is 0 Å². The molecule has 94 valence electrons. The van der Waals surface area contributed by atoms with E-state index in [0.717, 1.165) is 5.52 Å². The molecule has 1 N–H and O–H groups in total. The predicted molar refractivity (Wildman–Crippen MR) is 71.1 cm³/mol. The van der Waals surface area contributed by atoms with Gasteiger partial charge in [-0.05, 0) is 36.5 Å². The molecule has 0 unspecified atom stereocenters. The molecule has 1 saturated carbocycles. The minimum Gasteiger partial charge on any atom is -0.478 e. The molecule has 1 aliphatic rings. The number of aromatic nitrogens is 1. The van der Waals surface area contributed by atoms with Gasteiger partial charge in [0.05, 0.1) is 5.56 Å². The van der Waals surface area contributed by atoms with Gasteiger partial charge in [0.25, 0.3) is 0 Å². The third-order valence-electron chi connectivity index (χ3n) is 4.06. The van der Waals surface area contributed by atoms with Gasteiger partial charge in [-0.25, -0.2) is 4.79 Å². The van der Waals surface area contributed by atoms with E-state index >= 15 is 0 Å². The van der Waals surface area contributed by atoms with Gasteiger partial charge < -0.3 is 9.67 Å². The Morgan fingerprint density at radius 1 is 1.33 bits per heavy atom. The molecule has 1 aliphatic carbocycles. The number of benzene rings is 1. The van der Waals surface area contributed by atoms with Crippen LogP contribution in [0.3, 0.4) is 0 Å². The molecule has 2 aromatic rings. The molecule has 1 heterocycles. The summed E-state index contributed by atoms with van der Waals surface area (Å²) in [6.07, 6.45) is 7.33. The van der Waals surface area contributed by atoms with E-state index in [1.54, 1.807) is 12.1 Å². The fraction of sp³-hybridized carbons (Fsp3) is 0.400. The van der Waals surface area contributed by atoms with Crippen LogP contribution in [0.15, 0.2) is 24.4 Å². The summed E-state index contributed by atoms with van der Waals surface area (Å²) < 4.78 is 2.05. The number of aryl methyl sites for hydroxylation is 1. The highest BCUT2D eigenvalue weighted by Crippen LogP contribution is 2.38. The maximum Gasteiger partial charge on any atom is 0.335 e. The Morgan fingerprint density at radius 2 is 2.06 bits per heavy atom. The number of hydrogen-bond acceptors (Lipinski definition) is 1. The molecule has 1 aromatic heterocycles. The fourth-order valence-corrected chi connectivity index (χ4v) is 3.11. The van der Waals surface area contributed by atoms with Gasteiger partial charge in [0.15, 0.2) is 0 Å². The lowest BCUT2D eigenvalue weighted by Gasteiger charge is -2.07. The molecular weight excluding hydrogens is 226 g/mol. The van der Waals surface area contributed by atoms with Crippen molar-refractivity contribution in [1.29, 1.82) is 0 Å². The van der Waals surface area contributed by atoms with E-state index in [1.165, 1.54) is 36.6 Å². The van der Waals surface area contributed by atoms with Crippen molar-refractivity contribution in [2.45, 2.75) is 31.6 Å². The molecule has 0 aliphatic heterocycles. The smallest absolute Gasteiger partial charge is 0.335 e. The van der Waals surface area contributed by atoms with Crippen molar-refractivity contribution in [3.8, 4) is 0 Å². The Hall–Kier alpha value is -1.77. The average molecular weight is 243 g/mol. The maximum absolute atomic E-state index is 11.0. The number of hydrogen-bond donors (Lipinski definition) is 1. The van der Waals surface area contributed by atoms with Crippen LogP contribution in [0.25, 0.3) is 10.9 Å². The lowest BCUT2D eigenvalue weighted by molar-refractivity contribution is 0.0697. The number of rotatable bonds is 2. The van der Waals surface area contributed by atoms with Crippen LogP contribution in [0.5, 0.6) is 0 Å². The van der Waals surface area contributed by atoms with Crippen molar-refractivity contribution in [3.05, 3.63) is 35.5 Å². The van der Waals surface area contributed by atoms with Crippen molar-refractivity contribution >= 4 is 16.9 Å². The van der Waals surface area contributed by atoms with E-state index in [4.69, 9.17) is 5.11 Å². The van der Waals surface area contributed by atoms with E-state index in [-0.39, 0.29) is 0 Å². The van der Waals surface area contributed by atoms with Gasteiger partial charge in [0, 0.05) is 24.1 Å². The first-order chi connectivity index (χ1) is 8.66. The first-order valence-corrected chi connectivity index (χ1v) is 6.49. The largest absolute Gasteiger partial charge is 0.478 e. The predicted octanol–water partition coefficient (Wildman–Crippen LogP) is 3.53. The second-order valence-corrected chi connectivity index (χ2v) is 5.21. The monoisotopic (exact) mass is 243 g/mol. The summed E-state index contributed by atoms with van der Waals surface area (Å²) in [4.78, 5) is 11.0. The zero-order valence-corrected chi connectivity index (χ0v) is 10.5. The Labute approximate surface area is 106 Å². The molecule has 0 radical (unpaired) electrons. The van der Waals surface area contributed by atoms with E-state index in [0.29, 0.717) is 11.5 Å². The third-order valence-corrected chi connectivity index (χ3v) is 4.06. The van der Waals surface area contributed by atoms with Crippen LogP contribution in [-0.4, -0.2) is 15.6 Å². The lowest BCUT2D eigenvalue weighted by Crippen LogP contribution is -1.96. The minimum atomic E-state index is -0.861. The molecule has 0 amide bonds. The topological polar surface area (TPSA) is 42.2 Å². The summed E-state index contributed by atoms with van der Waals surface area (Å²) in [5, 5.41) is 10.3. The highest BCUT2D eigenvalue weighted by molar-refractivity contribution is 5.94. The van der Waals surface area contributed by atoms with E-state index in [2.05, 4.69) is 10.8 Å². The highest BCUT2D eigenvalue weighted by Gasteiger charge is 2.21. The summed E-state index contributed by atoms with van der Waals surface area (Å²) in [7, 11) is 1.99. The van der Waals surface area contributed by atoms with E-state index in [9.17, 15) is 4.79 Å². The van der Waals surface area contributed by atoms with E-state index in [1.807, 2.05) is 13.1 Å². The van der Waals surface area contributed by atoms with Crippen molar-refractivity contribution < 1.29 is 9.90 Å². The van der Waals surface area contributed by atoms with Crippen molar-refractivity contribution in [2.24, 2.45) is 7.05 Å². The van der Waals surface area contributed by atoms with Gasteiger partial charge in [-0.15, -0.1) is 0 Å². The molecule has 18 heavy (non-hydrogen) atoms. The third kappa shape index (κ3) is 1.70. The first-order valence-electron chi connectivity index (χ1n) is 6.49. The normalized spacial score (nSPS) is 16.5. The molecule has 1 fully saturated rings. The number of carbonyl (C=O) groups is 1. The van der Waals surface area contributed by atoms with Gasteiger partial charge in [-0.3, -0.25) is 0 Å². The van der Waals surface area contributed by atoms with Crippen molar-refractivity contribution in [3.63, 3.8) is 0 Å². The molecular formula is C15H17NO2. The first kappa shape index (κ1) is 11.3. The zero-order chi connectivity index (χ0) is 12.7. The summed E-state index contributed by atoms with van der Waals surface area (Å²) >= 11 is 0. The molecule has 0 spiro atoms. The number of fused-ring (bicyclic) bond motifs is 1. The standard InChI is InChI=1S/C15H17NO2/c1-16-9-13(10-4-2-3-5-10)12-7-6-11(15(17)18)8-14(12)16/h6-10H,2-5H2,1H3,(H,17,18). The van der Waals surface area contributed by atoms with Gasteiger partial charge >= 0.3 is 5.97 Å². The number of carboxylic acids is 1. The Kier molecular flexibility index (Phi) is 2.62. The van der Waals surface area contributed by atoms with Crippen molar-refractivity contribution in [1.82, 2.24) is 4.57 Å². The molecule has 0 atom stereocenters. The Balaban J connectivity index is 2.14. The summed E-state index contributed by atoms with van der Waals surface area (Å²) in [5.74, 6) is -0.204. The van der Waals surface area contributed by atoms with Crippen molar-refractivity contribution in [2.75, 3.05) is 0 Å². The van der Waals surface area contributed by atoms with Gasteiger partial charge in [-0.2, -0.15) is 0 Å². The Bertz CT molecular complexity index is 606. The Morgan fingerprint density at radius 3 is 2.72 bits per heavy atom. The number of nitrogens with zero attached hydrogens (tertiary/aromatic N) is 1. The summed E-state index contributed by atoms with van der Waals surface area (Å²) in [6.45, 7) is 0. The number of carboxylic acid groups (broad SMARTS) is 1. The van der Waals surface area contributed by atoms with Gasteiger partial charge in [-0.1, -0.05) is 18.9 Å². The highest BCUT2D eigenvalue weighted by atomic mass is 16.4. The second kappa shape index (κ2) is 4.16. The molecule has 1 aromatic carbocycles. The van der Waals surface area contributed by atoms with Crippen LogP contribution < -0.4 is 0 Å². The fourth-order valence-electron chi connectivity index (χ4n) is 3.11. The average Bonchev–Trinajstić information content (AvgIpc) is 2.97. The molecule has 3 rings (SSSR count). The maximum atomic E-state index is 11.0. The van der Waals surface area contributed by atoms with Crippen LogP contribution >= 0.6 is 0 Å². The minimum absolute atomic E-state index is 0.363. The summed E-state index contributed by atoms with van der Waals surface area (Å²) in [6, 6.07) is 5.45. The number of aromatic carboxylic acids is 1. The molecule has 0 saturated heterocycles. The SMILES string of the molecule is Cn1cc(C2CCCC2)c2ccc(C(=O)O)cc21. The van der Waals surface area contributed by atoms with Crippen LogP contribution in [0, 0.1) is 0 Å². The molecule has 0 bridgehead atoms. The summed E-state index contributed by atoms with van der Waals surface area (Å²) in [5.41, 5.74) is 2.78. The quantitative estimate of drug-likeness (QED) is 0.876. The molecule has 3 nitrogen and oxygen atoms in total. The van der Waals surface area contributed by atoms with E-state index < -0.39 is 5.97 Å². The van der Waals surface area contributed by atoms with Crippen LogP contribution in [-0.2, 0) is 7.05 Å².